The maximum absolute atomic E-state index is 5.99. The molecule has 2 N–H and O–H groups in total. The molecule has 94 valence electrons. The van der Waals surface area contributed by atoms with Gasteiger partial charge in [0.25, 0.3) is 0 Å². The van der Waals surface area contributed by atoms with Crippen molar-refractivity contribution in [3.8, 4) is 0 Å². The highest BCUT2D eigenvalue weighted by molar-refractivity contribution is 5.25. The van der Waals surface area contributed by atoms with Crippen molar-refractivity contribution in [1.82, 2.24) is 4.90 Å². The van der Waals surface area contributed by atoms with Gasteiger partial charge in [-0.2, -0.15) is 0 Å². The van der Waals surface area contributed by atoms with Gasteiger partial charge in [0.1, 0.15) is 0 Å². The number of piperidine rings is 1. The first-order chi connectivity index (χ1) is 8.20. The van der Waals surface area contributed by atoms with Crippen LogP contribution in [0.25, 0.3) is 0 Å². The van der Waals surface area contributed by atoms with Crippen LogP contribution in [0.5, 0.6) is 0 Å². The Kier molecular flexibility index (Phi) is 4.19. The zero-order valence-corrected chi connectivity index (χ0v) is 11.0. The monoisotopic (exact) mass is 232 g/mol. The lowest BCUT2D eigenvalue weighted by Gasteiger charge is -2.37. The van der Waals surface area contributed by atoms with Crippen molar-refractivity contribution in [1.29, 1.82) is 0 Å². The lowest BCUT2D eigenvalue weighted by molar-refractivity contribution is 0.133. The summed E-state index contributed by atoms with van der Waals surface area (Å²) >= 11 is 0. The van der Waals surface area contributed by atoms with E-state index in [9.17, 15) is 0 Å². The van der Waals surface area contributed by atoms with Crippen LogP contribution in [-0.4, -0.2) is 24.5 Å². The third kappa shape index (κ3) is 3.08. The predicted octanol–water partition coefficient (Wildman–Crippen LogP) is 2.73. The number of hydrogen-bond donors (Lipinski definition) is 1. The minimum atomic E-state index is 0.401. The van der Waals surface area contributed by atoms with Crippen molar-refractivity contribution >= 4 is 0 Å². The first-order valence-corrected chi connectivity index (χ1v) is 6.71. The van der Waals surface area contributed by atoms with E-state index in [2.05, 4.69) is 43.0 Å². The molecule has 1 aliphatic rings. The summed E-state index contributed by atoms with van der Waals surface area (Å²) in [5.41, 5.74) is 8.69. The molecular formula is C15H24N2. The van der Waals surface area contributed by atoms with Crippen LogP contribution in [0.4, 0.5) is 0 Å². The molecule has 0 saturated carbocycles. The molecule has 1 aromatic carbocycles. The fourth-order valence-corrected chi connectivity index (χ4v) is 2.88. The number of benzene rings is 1. The first kappa shape index (κ1) is 12.6. The fourth-order valence-electron chi connectivity index (χ4n) is 2.88. The smallest absolute Gasteiger partial charge is 0.0470 e. The van der Waals surface area contributed by atoms with E-state index in [0.717, 1.165) is 12.5 Å². The highest BCUT2D eigenvalue weighted by atomic mass is 15.2. The molecule has 17 heavy (non-hydrogen) atoms. The molecule has 0 aliphatic carbocycles. The maximum Gasteiger partial charge on any atom is 0.0470 e. The van der Waals surface area contributed by atoms with Crippen LogP contribution in [0.2, 0.25) is 0 Å². The van der Waals surface area contributed by atoms with Crippen molar-refractivity contribution in [2.75, 3.05) is 19.6 Å². The van der Waals surface area contributed by atoms with Crippen LogP contribution in [0.1, 0.15) is 36.9 Å². The van der Waals surface area contributed by atoms with E-state index in [-0.39, 0.29) is 0 Å². The lowest BCUT2D eigenvalue weighted by Crippen LogP contribution is -2.40. The molecule has 0 bridgehead atoms. The van der Waals surface area contributed by atoms with E-state index < -0.39 is 0 Å². The summed E-state index contributed by atoms with van der Waals surface area (Å²) in [5.74, 6) is 0.808. The third-order valence-electron chi connectivity index (χ3n) is 3.78. The van der Waals surface area contributed by atoms with Gasteiger partial charge in [0.2, 0.25) is 0 Å². The Labute approximate surface area is 105 Å². The van der Waals surface area contributed by atoms with E-state index in [0.29, 0.717) is 6.04 Å². The molecule has 0 amide bonds. The van der Waals surface area contributed by atoms with E-state index in [1.807, 2.05) is 0 Å². The Balaban J connectivity index is 2.15. The van der Waals surface area contributed by atoms with Crippen LogP contribution in [0.3, 0.4) is 0 Å². The zero-order chi connectivity index (χ0) is 12.3. The van der Waals surface area contributed by atoms with Gasteiger partial charge in [-0.05, 0) is 37.8 Å². The standard InChI is InChI=1S/C15H24N2/c1-12-5-3-7-14(9-12)15(10-16)17-8-4-6-13(2)11-17/h3,5,7,9,13,15H,4,6,8,10-11,16H2,1-2H3. The number of aryl methyl sites for hydroxylation is 1. The number of likely N-dealkylation sites (tertiary alicyclic amines) is 1. The average molecular weight is 232 g/mol. The Morgan fingerprint density at radius 1 is 1.47 bits per heavy atom. The molecule has 1 fully saturated rings. The summed E-state index contributed by atoms with van der Waals surface area (Å²) in [6.45, 7) is 7.60. The highest BCUT2D eigenvalue weighted by Crippen LogP contribution is 2.26. The summed E-state index contributed by atoms with van der Waals surface area (Å²) in [4.78, 5) is 2.56. The van der Waals surface area contributed by atoms with Crippen LogP contribution >= 0.6 is 0 Å². The van der Waals surface area contributed by atoms with Gasteiger partial charge in [0.15, 0.2) is 0 Å². The van der Waals surface area contributed by atoms with Crippen LogP contribution < -0.4 is 5.73 Å². The summed E-state index contributed by atoms with van der Waals surface area (Å²) in [6, 6.07) is 9.18. The second-order valence-corrected chi connectivity index (χ2v) is 5.41. The molecule has 1 saturated heterocycles. The second kappa shape index (κ2) is 5.65. The molecule has 0 aromatic heterocycles. The molecule has 2 heteroatoms. The van der Waals surface area contributed by atoms with Gasteiger partial charge < -0.3 is 5.73 Å². The van der Waals surface area contributed by atoms with Crippen LogP contribution in [0.15, 0.2) is 24.3 Å². The SMILES string of the molecule is Cc1cccc(C(CN)N2CCCC(C)C2)c1. The minimum Gasteiger partial charge on any atom is -0.329 e. The summed E-state index contributed by atoms with van der Waals surface area (Å²) in [5, 5.41) is 0. The Hall–Kier alpha value is -0.860. The molecule has 1 aliphatic heterocycles. The Morgan fingerprint density at radius 3 is 2.94 bits per heavy atom. The van der Waals surface area contributed by atoms with Gasteiger partial charge in [-0.3, -0.25) is 4.90 Å². The third-order valence-corrected chi connectivity index (χ3v) is 3.78. The normalized spacial score (nSPS) is 23.6. The Bertz CT molecular complexity index is 362. The quantitative estimate of drug-likeness (QED) is 0.868. The fraction of sp³-hybridized carbons (Fsp3) is 0.600. The van der Waals surface area contributed by atoms with E-state index in [1.165, 1.54) is 37.1 Å². The number of rotatable bonds is 3. The maximum atomic E-state index is 5.99. The summed E-state index contributed by atoms with van der Waals surface area (Å²) in [6.07, 6.45) is 2.67. The predicted molar refractivity (Wildman–Crippen MR) is 72.9 cm³/mol. The number of nitrogens with two attached hydrogens (primary N) is 1. The van der Waals surface area contributed by atoms with Crippen molar-refractivity contribution in [3.05, 3.63) is 35.4 Å². The van der Waals surface area contributed by atoms with Crippen LogP contribution in [-0.2, 0) is 0 Å². The van der Waals surface area contributed by atoms with Gasteiger partial charge in [-0.15, -0.1) is 0 Å². The van der Waals surface area contributed by atoms with Crippen molar-refractivity contribution in [2.24, 2.45) is 11.7 Å². The molecule has 1 heterocycles. The van der Waals surface area contributed by atoms with E-state index in [4.69, 9.17) is 5.73 Å². The minimum absolute atomic E-state index is 0.401. The Morgan fingerprint density at radius 2 is 2.29 bits per heavy atom. The van der Waals surface area contributed by atoms with Crippen molar-refractivity contribution < 1.29 is 0 Å². The van der Waals surface area contributed by atoms with Crippen LogP contribution in [0, 0.1) is 12.8 Å². The number of hydrogen-bond acceptors (Lipinski definition) is 2. The largest absolute Gasteiger partial charge is 0.329 e. The number of nitrogens with zero attached hydrogens (tertiary/aromatic N) is 1. The van der Waals surface area contributed by atoms with Crippen molar-refractivity contribution in [2.45, 2.75) is 32.7 Å². The molecule has 0 radical (unpaired) electrons. The topological polar surface area (TPSA) is 29.3 Å². The molecule has 2 unspecified atom stereocenters. The summed E-state index contributed by atoms with van der Waals surface area (Å²) < 4.78 is 0. The van der Waals surface area contributed by atoms with E-state index in [1.54, 1.807) is 0 Å². The van der Waals surface area contributed by atoms with E-state index >= 15 is 0 Å². The molecule has 0 spiro atoms. The zero-order valence-electron chi connectivity index (χ0n) is 11.0. The summed E-state index contributed by atoms with van der Waals surface area (Å²) in [7, 11) is 0. The average Bonchev–Trinajstić information content (AvgIpc) is 2.30. The van der Waals surface area contributed by atoms with Gasteiger partial charge in [-0.1, -0.05) is 36.8 Å². The van der Waals surface area contributed by atoms with Gasteiger partial charge in [0.05, 0.1) is 0 Å². The molecule has 2 nitrogen and oxygen atoms in total. The van der Waals surface area contributed by atoms with Gasteiger partial charge in [0, 0.05) is 19.1 Å². The molecular weight excluding hydrogens is 208 g/mol. The van der Waals surface area contributed by atoms with Gasteiger partial charge in [-0.25, -0.2) is 0 Å². The molecule has 1 aromatic rings. The highest BCUT2D eigenvalue weighted by Gasteiger charge is 2.23. The van der Waals surface area contributed by atoms with Gasteiger partial charge >= 0.3 is 0 Å². The first-order valence-electron chi connectivity index (χ1n) is 6.71. The second-order valence-electron chi connectivity index (χ2n) is 5.41. The molecule has 2 rings (SSSR count). The molecule has 2 atom stereocenters. The van der Waals surface area contributed by atoms with Crippen molar-refractivity contribution in [3.63, 3.8) is 0 Å². The lowest BCUT2D eigenvalue weighted by atomic mass is 9.95.